The van der Waals surface area contributed by atoms with Gasteiger partial charge < -0.3 is 10.2 Å². The van der Waals surface area contributed by atoms with E-state index in [0.717, 1.165) is 37.2 Å². The van der Waals surface area contributed by atoms with Gasteiger partial charge in [0.2, 0.25) is 5.91 Å². The van der Waals surface area contributed by atoms with Crippen LogP contribution in [0.2, 0.25) is 0 Å². The van der Waals surface area contributed by atoms with Crippen LogP contribution in [0.25, 0.3) is 0 Å². The first kappa shape index (κ1) is 15.0. The third kappa shape index (κ3) is 2.59. The van der Waals surface area contributed by atoms with Gasteiger partial charge in [0.15, 0.2) is 0 Å². The van der Waals surface area contributed by atoms with Gasteiger partial charge in [-0.3, -0.25) is 4.79 Å². The number of hydrogen-bond donors (Lipinski definition) is 1. The van der Waals surface area contributed by atoms with Crippen molar-refractivity contribution in [3.05, 3.63) is 29.8 Å². The van der Waals surface area contributed by atoms with Gasteiger partial charge in [-0.1, -0.05) is 38.5 Å². The van der Waals surface area contributed by atoms with Crippen LogP contribution in [0.4, 0.5) is 5.69 Å². The molecular weight excluding hydrogens is 248 g/mol. The number of nitrogens with one attached hydrogen (secondary N) is 1. The number of nitrogens with zero attached hydrogens (tertiary/aromatic N) is 1. The number of benzene rings is 1. The number of amides is 1. The van der Waals surface area contributed by atoms with Crippen LogP contribution < -0.4 is 10.2 Å². The normalized spacial score (nSPS) is 18.2. The van der Waals surface area contributed by atoms with Crippen molar-refractivity contribution in [2.24, 2.45) is 0 Å². The van der Waals surface area contributed by atoms with Crippen molar-refractivity contribution >= 4 is 11.6 Å². The number of carbonyl (C=O) groups excluding carboxylic acids is 1. The Bertz CT molecular complexity index is 476. The summed E-state index contributed by atoms with van der Waals surface area (Å²) >= 11 is 0. The molecule has 1 aliphatic rings. The Hall–Kier alpha value is -1.35. The highest BCUT2D eigenvalue weighted by molar-refractivity contribution is 6.07. The highest BCUT2D eigenvalue weighted by Crippen LogP contribution is 2.41. The van der Waals surface area contributed by atoms with Crippen molar-refractivity contribution in [3.8, 4) is 0 Å². The van der Waals surface area contributed by atoms with E-state index in [1.807, 2.05) is 30.9 Å². The van der Waals surface area contributed by atoms with E-state index in [2.05, 4.69) is 31.3 Å². The summed E-state index contributed by atoms with van der Waals surface area (Å²) in [5, 5.41) is 3.50. The number of carbonyl (C=O) groups is 1. The molecule has 1 heterocycles. The second-order valence-corrected chi connectivity index (χ2v) is 6.10. The summed E-state index contributed by atoms with van der Waals surface area (Å²) in [6.45, 7) is 10.1. The monoisotopic (exact) mass is 274 g/mol. The third-order valence-electron chi connectivity index (χ3n) is 4.18. The molecule has 0 aliphatic carbocycles. The maximum atomic E-state index is 12.7. The molecule has 0 bridgehead atoms. The van der Waals surface area contributed by atoms with Gasteiger partial charge in [-0.05, 0) is 38.4 Å². The van der Waals surface area contributed by atoms with Crippen LogP contribution in [0, 0.1) is 0 Å². The molecule has 1 aliphatic heterocycles. The Balaban J connectivity index is 2.26. The molecule has 0 radical (unpaired) electrons. The van der Waals surface area contributed by atoms with Crippen LogP contribution in [-0.2, 0) is 10.2 Å². The summed E-state index contributed by atoms with van der Waals surface area (Å²) in [7, 11) is 0. The predicted octanol–water partition coefficient (Wildman–Crippen LogP) is 3.09. The summed E-state index contributed by atoms with van der Waals surface area (Å²) in [5.41, 5.74) is 1.83. The highest BCUT2D eigenvalue weighted by atomic mass is 16.2. The molecule has 0 spiro atoms. The second kappa shape index (κ2) is 5.96. The van der Waals surface area contributed by atoms with E-state index in [0.29, 0.717) is 6.04 Å². The van der Waals surface area contributed by atoms with E-state index >= 15 is 0 Å². The van der Waals surface area contributed by atoms with Gasteiger partial charge in [0, 0.05) is 18.3 Å². The number of likely N-dealkylation sites (N-methyl/N-ethyl adjacent to an activating group) is 1. The molecule has 20 heavy (non-hydrogen) atoms. The Morgan fingerprint density at radius 3 is 2.60 bits per heavy atom. The lowest BCUT2D eigenvalue weighted by Gasteiger charge is -2.26. The van der Waals surface area contributed by atoms with Gasteiger partial charge in [-0.25, -0.2) is 0 Å². The molecule has 110 valence electrons. The maximum absolute atomic E-state index is 12.7. The van der Waals surface area contributed by atoms with E-state index in [1.165, 1.54) is 0 Å². The van der Waals surface area contributed by atoms with Crippen LogP contribution >= 0.6 is 0 Å². The average Bonchev–Trinajstić information content (AvgIpc) is 2.61. The minimum atomic E-state index is -0.403. The molecule has 3 heteroatoms. The van der Waals surface area contributed by atoms with Crippen molar-refractivity contribution in [3.63, 3.8) is 0 Å². The van der Waals surface area contributed by atoms with Gasteiger partial charge in [0.1, 0.15) is 0 Å². The topological polar surface area (TPSA) is 32.3 Å². The Morgan fingerprint density at radius 1 is 1.25 bits per heavy atom. The number of hydrogen-bond acceptors (Lipinski definition) is 2. The van der Waals surface area contributed by atoms with Gasteiger partial charge in [0.05, 0.1) is 5.41 Å². The Morgan fingerprint density at radius 2 is 1.95 bits per heavy atom. The Labute approximate surface area is 122 Å². The van der Waals surface area contributed by atoms with Gasteiger partial charge in [0.25, 0.3) is 0 Å². The predicted molar refractivity (Wildman–Crippen MR) is 84.2 cm³/mol. The zero-order valence-corrected chi connectivity index (χ0v) is 13.1. The molecule has 1 atom stereocenters. The van der Waals surface area contributed by atoms with E-state index in [1.54, 1.807) is 0 Å². The zero-order chi connectivity index (χ0) is 14.8. The molecule has 0 fully saturated rings. The first-order chi connectivity index (χ1) is 9.52. The van der Waals surface area contributed by atoms with Crippen LogP contribution in [0.1, 0.15) is 46.1 Å². The fraction of sp³-hybridized carbons (Fsp3) is 0.588. The maximum Gasteiger partial charge on any atom is 0.237 e. The smallest absolute Gasteiger partial charge is 0.237 e. The van der Waals surface area contributed by atoms with Gasteiger partial charge in [-0.15, -0.1) is 0 Å². The molecular formula is C17H26N2O. The molecule has 0 saturated heterocycles. The molecule has 0 saturated carbocycles. The molecule has 1 unspecified atom stereocenters. The summed E-state index contributed by atoms with van der Waals surface area (Å²) < 4.78 is 0. The summed E-state index contributed by atoms with van der Waals surface area (Å²) in [6.07, 6.45) is 2.23. The fourth-order valence-electron chi connectivity index (χ4n) is 3.10. The van der Waals surface area contributed by atoms with Gasteiger partial charge in [-0.2, -0.15) is 0 Å². The first-order valence-electron chi connectivity index (χ1n) is 7.67. The zero-order valence-electron chi connectivity index (χ0n) is 13.1. The van der Waals surface area contributed by atoms with Crippen molar-refractivity contribution in [1.82, 2.24) is 5.32 Å². The van der Waals surface area contributed by atoms with Crippen LogP contribution in [-0.4, -0.2) is 25.0 Å². The van der Waals surface area contributed by atoms with E-state index in [4.69, 9.17) is 0 Å². The quantitative estimate of drug-likeness (QED) is 0.864. The largest absolute Gasteiger partial charge is 0.312 e. The van der Waals surface area contributed by atoms with E-state index < -0.39 is 5.41 Å². The van der Waals surface area contributed by atoms with Crippen LogP contribution in [0.3, 0.4) is 0 Å². The molecule has 1 amide bonds. The summed E-state index contributed by atoms with van der Waals surface area (Å²) in [5.74, 6) is 0.220. The van der Waals surface area contributed by atoms with Crippen molar-refractivity contribution < 1.29 is 4.79 Å². The molecule has 3 nitrogen and oxygen atoms in total. The molecule has 1 N–H and O–H groups in total. The van der Waals surface area contributed by atoms with Crippen LogP contribution in [0.5, 0.6) is 0 Å². The molecule has 0 aromatic heterocycles. The fourth-order valence-corrected chi connectivity index (χ4v) is 3.10. The minimum Gasteiger partial charge on any atom is -0.312 e. The lowest BCUT2D eigenvalue weighted by molar-refractivity contribution is -0.122. The molecule has 2 rings (SSSR count). The average molecular weight is 274 g/mol. The first-order valence-corrected chi connectivity index (χ1v) is 7.67. The Kier molecular flexibility index (Phi) is 4.48. The highest BCUT2D eigenvalue weighted by Gasteiger charge is 2.43. The lowest BCUT2D eigenvalue weighted by atomic mass is 9.86. The van der Waals surface area contributed by atoms with E-state index in [9.17, 15) is 4.79 Å². The number of para-hydroxylation sites is 1. The summed E-state index contributed by atoms with van der Waals surface area (Å²) in [6, 6.07) is 8.55. The lowest BCUT2D eigenvalue weighted by Crippen LogP contribution is -2.45. The SMILES string of the molecule is CCCC(CN1C(=O)C(C)(C)c2ccccc21)NCC. The van der Waals surface area contributed by atoms with Crippen molar-refractivity contribution in [2.75, 3.05) is 18.0 Å². The van der Waals surface area contributed by atoms with Crippen molar-refractivity contribution in [2.45, 2.75) is 52.0 Å². The third-order valence-corrected chi connectivity index (χ3v) is 4.18. The van der Waals surface area contributed by atoms with Crippen molar-refractivity contribution in [1.29, 1.82) is 0 Å². The molecule has 1 aromatic carbocycles. The summed E-state index contributed by atoms with van der Waals surface area (Å²) in [4.78, 5) is 14.7. The number of anilines is 1. The second-order valence-electron chi connectivity index (χ2n) is 6.10. The standard InChI is InChI=1S/C17H26N2O/c1-5-9-13(18-6-2)12-19-15-11-8-7-10-14(15)17(3,4)16(19)20/h7-8,10-11,13,18H,5-6,9,12H2,1-4H3. The number of fused-ring (bicyclic) bond motifs is 1. The minimum absolute atomic E-state index is 0.220. The number of rotatable bonds is 6. The van der Waals surface area contributed by atoms with Gasteiger partial charge >= 0.3 is 0 Å². The molecule has 1 aromatic rings. The van der Waals surface area contributed by atoms with E-state index in [-0.39, 0.29) is 5.91 Å². The van der Waals surface area contributed by atoms with Crippen LogP contribution in [0.15, 0.2) is 24.3 Å².